The lowest BCUT2D eigenvalue weighted by Crippen LogP contribution is -2.56. The molecule has 2 unspecified atom stereocenters. The minimum Gasteiger partial charge on any atom is -0.444 e. The molecule has 0 aliphatic carbocycles. The van der Waals surface area contributed by atoms with Gasteiger partial charge < -0.3 is 14.5 Å². The van der Waals surface area contributed by atoms with Crippen LogP contribution < -0.4 is 4.90 Å². The molecule has 0 saturated carbocycles. The molecule has 2 aliphatic heterocycles. The van der Waals surface area contributed by atoms with Gasteiger partial charge in [0.15, 0.2) is 0 Å². The number of hydrogen-bond acceptors (Lipinski definition) is 4. The van der Waals surface area contributed by atoms with Crippen molar-refractivity contribution in [3.63, 3.8) is 0 Å². The second kappa shape index (κ2) is 8.90. The minimum absolute atomic E-state index is 0.109. The Morgan fingerprint density at radius 3 is 2.06 bits per heavy atom. The molecular weight excluding hydrogens is 438 g/mol. The highest BCUT2D eigenvalue weighted by Crippen LogP contribution is 2.35. The number of hydrogen-bond donors (Lipinski definition) is 0. The highest BCUT2D eigenvalue weighted by Gasteiger charge is 2.44. The Balaban J connectivity index is 1.46. The van der Waals surface area contributed by atoms with Gasteiger partial charge in [-0.05, 0) is 69.0 Å². The average Bonchev–Trinajstić information content (AvgIpc) is 3.02. The zero-order valence-electron chi connectivity index (χ0n) is 20.0. The summed E-state index contributed by atoms with van der Waals surface area (Å²) in [6, 6.07) is 14.3. The summed E-state index contributed by atoms with van der Waals surface area (Å²) in [5, 5.41) is 0.449. The predicted octanol–water partition coefficient (Wildman–Crippen LogP) is 5.30. The third kappa shape index (κ3) is 4.96. The molecule has 4 rings (SSSR count). The Morgan fingerprint density at radius 2 is 1.55 bits per heavy atom. The van der Waals surface area contributed by atoms with Crippen LogP contribution in [0.4, 0.5) is 10.5 Å². The van der Waals surface area contributed by atoms with Crippen molar-refractivity contribution in [3.05, 3.63) is 53.1 Å². The predicted molar refractivity (Wildman–Crippen MR) is 132 cm³/mol. The average molecular weight is 470 g/mol. The molecule has 2 fully saturated rings. The Hall–Kier alpha value is -2.73. The molecule has 0 N–H and O–H groups in total. The fraction of sp³-hybridized carbons (Fsp3) is 0.462. The fourth-order valence-corrected chi connectivity index (χ4v) is 4.96. The van der Waals surface area contributed by atoms with Crippen LogP contribution in [0, 0.1) is 0 Å². The zero-order valence-corrected chi connectivity index (χ0v) is 20.7. The number of amides is 2. The molecule has 0 spiro atoms. The van der Waals surface area contributed by atoms with Crippen LogP contribution in [0.3, 0.4) is 0 Å². The van der Waals surface area contributed by atoms with Gasteiger partial charge in [-0.25, -0.2) is 4.79 Å². The van der Waals surface area contributed by atoms with Gasteiger partial charge in [0.25, 0.3) is 5.91 Å². The minimum atomic E-state index is -0.482. The molecule has 176 valence electrons. The molecule has 2 amide bonds. The van der Waals surface area contributed by atoms with E-state index in [1.54, 1.807) is 20.2 Å². The van der Waals surface area contributed by atoms with E-state index in [9.17, 15) is 9.59 Å². The van der Waals surface area contributed by atoms with Gasteiger partial charge in [-0.2, -0.15) is 0 Å². The van der Waals surface area contributed by atoms with Crippen LogP contribution in [0.15, 0.2) is 42.5 Å². The summed E-state index contributed by atoms with van der Waals surface area (Å²) in [5.74, 6) is -0.109. The second-order valence-corrected chi connectivity index (χ2v) is 10.5. The van der Waals surface area contributed by atoms with Gasteiger partial charge >= 0.3 is 6.09 Å². The van der Waals surface area contributed by atoms with E-state index in [4.69, 9.17) is 16.3 Å². The van der Waals surface area contributed by atoms with E-state index in [1.807, 2.05) is 37.8 Å². The van der Waals surface area contributed by atoms with Gasteiger partial charge in [0.05, 0.1) is 22.7 Å². The quantitative estimate of drug-likeness (QED) is 0.612. The normalized spacial score (nSPS) is 20.1. The highest BCUT2D eigenvalue weighted by atomic mass is 35.5. The Bertz CT molecular complexity index is 1030. The number of rotatable bonds is 3. The zero-order chi connectivity index (χ0) is 23.9. The summed E-state index contributed by atoms with van der Waals surface area (Å²) in [6.07, 6.45) is 1.82. The van der Waals surface area contributed by atoms with E-state index >= 15 is 0 Å². The van der Waals surface area contributed by atoms with Crippen LogP contribution in [0.1, 0.15) is 44.0 Å². The first kappa shape index (κ1) is 23.4. The monoisotopic (exact) mass is 469 g/mol. The topological polar surface area (TPSA) is 53.1 Å². The molecule has 2 aliphatic rings. The van der Waals surface area contributed by atoms with Crippen LogP contribution in [-0.2, 0) is 4.74 Å². The van der Waals surface area contributed by atoms with Crippen molar-refractivity contribution < 1.29 is 14.3 Å². The maximum atomic E-state index is 12.7. The van der Waals surface area contributed by atoms with E-state index in [0.29, 0.717) is 10.6 Å². The number of halogens is 1. The van der Waals surface area contributed by atoms with Gasteiger partial charge in [0.2, 0.25) is 0 Å². The Labute approximate surface area is 201 Å². The number of nitrogens with zero attached hydrogens (tertiary/aromatic N) is 3. The SMILES string of the molecule is CN(C)C(=O)c1ccc(-c2ccc(N3CC4CCC(C3)N4C(=O)OC(C)(C)C)cc2)cc1Cl. The van der Waals surface area contributed by atoms with Crippen molar-refractivity contribution in [2.75, 3.05) is 32.1 Å². The molecule has 7 heteroatoms. The van der Waals surface area contributed by atoms with E-state index < -0.39 is 5.60 Å². The van der Waals surface area contributed by atoms with E-state index in [-0.39, 0.29) is 24.1 Å². The Kier molecular flexibility index (Phi) is 6.32. The van der Waals surface area contributed by atoms with Gasteiger partial charge in [-0.3, -0.25) is 9.69 Å². The molecule has 0 radical (unpaired) electrons. The van der Waals surface area contributed by atoms with Crippen molar-refractivity contribution in [1.82, 2.24) is 9.80 Å². The number of ether oxygens (including phenoxy) is 1. The lowest BCUT2D eigenvalue weighted by Gasteiger charge is -2.42. The third-order valence-electron chi connectivity index (χ3n) is 6.26. The van der Waals surface area contributed by atoms with E-state index in [0.717, 1.165) is 42.7 Å². The number of fused-ring (bicyclic) bond motifs is 2. The lowest BCUT2D eigenvalue weighted by molar-refractivity contribution is 0.0123. The van der Waals surface area contributed by atoms with Gasteiger partial charge in [-0.15, -0.1) is 0 Å². The van der Waals surface area contributed by atoms with Crippen LogP contribution >= 0.6 is 11.6 Å². The number of carbonyl (C=O) groups excluding carboxylic acids is 2. The van der Waals surface area contributed by atoms with Crippen molar-refractivity contribution in [1.29, 1.82) is 0 Å². The van der Waals surface area contributed by atoms with Gasteiger partial charge in [-0.1, -0.05) is 29.8 Å². The first-order chi connectivity index (χ1) is 15.5. The molecular formula is C26H32ClN3O3. The van der Waals surface area contributed by atoms with Gasteiger partial charge in [0, 0.05) is 32.9 Å². The molecule has 0 aromatic heterocycles. The Morgan fingerprint density at radius 1 is 0.970 bits per heavy atom. The molecule has 2 saturated heterocycles. The molecule has 33 heavy (non-hydrogen) atoms. The smallest absolute Gasteiger partial charge is 0.410 e. The fourth-order valence-electron chi connectivity index (χ4n) is 4.70. The molecule has 6 nitrogen and oxygen atoms in total. The summed E-state index contributed by atoms with van der Waals surface area (Å²) in [6.45, 7) is 7.34. The van der Waals surface area contributed by atoms with Crippen LogP contribution in [0.5, 0.6) is 0 Å². The van der Waals surface area contributed by atoms with E-state index in [2.05, 4.69) is 29.2 Å². The summed E-state index contributed by atoms with van der Waals surface area (Å²) in [5.41, 5.74) is 3.17. The molecule has 2 bridgehead atoms. The molecule has 2 atom stereocenters. The summed E-state index contributed by atoms with van der Waals surface area (Å²) >= 11 is 6.39. The van der Waals surface area contributed by atoms with Crippen molar-refractivity contribution in [3.8, 4) is 11.1 Å². The molecule has 2 heterocycles. The first-order valence-corrected chi connectivity index (χ1v) is 11.8. The maximum Gasteiger partial charge on any atom is 0.410 e. The van der Waals surface area contributed by atoms with E-state index in [1.165, 1.54) is 4.90 Å². The third-order valence-corrected chi connectivity index (χ3v) is 6.57. The molecule has 2 aromatic carbocycles. The lowest BCUT2D eigenvalue weighted by atomic mass is 10.0. The highest BCUT2D eigenvalue weighted by molar-refractivity contribution is 6.34. The molecule has 2 aromatic rings. The number of carbonyl (C=O) groups is 2. The van der Waals surface area contributed by atoms with Crippen LogP contribution in [-0.4, -0.2) is 66.7 Å². The standard InChI is InChI=1S/C26H32ClN3O3/c1-26(2,3)33-25(32)30-20-11-12-21(30)16-29(15-20)19-9-6-17(7-10-19)18-8-13-22(23(27)14-18)24(31)28(4)5/h6-10,13-14,20-21H,11-12,15-16H2,1-5H3. The summed E-state index contributed by atoms with van der Waals surface area (Å²) < 4.78 is 5.64. The summed E-state index contributed by atoms with van der Waals surface area (Å²) in [4.78, 5) is 30.8. The maximum absolute atomic E-state index is 12.7. The second-order valence-electron chi connectivity index (χ2n) is 10.1. The van der Waals surface area contributed by atoms with Crippen molar-refractivity contribution in [2.45, 2.75) is 51.3 Å². The van der Waals surface area contributed by atoms with Crippen LogP contribution in [0.25, 0.3) is 11.1 Å². The summed E-state index contributed by atoms with van der Waals surface area (Å²) in [7, 11) is 3.43. The number of anilines is 1. The van der Waals surface area contributed by atoms with Crippen molar-refractivity contribution in [2.24, 2.45) is 0 Å². The van der Waals surface area contributed by atoms with Crippen LogP contribution in [0.2, 0.25) is 5.02 Å². The first-order valence-electron chi connectivity index (χ1n) is 11.4. The number of benzene rings is 2. The largest absolute Gasteiger partial charge is 0.444 e. The number of piperazine rings is 1. The van der Waals surface area contributed by atoms with Crippen molar-refractivity contribution >= 4 is 29.3 Å². The van der Waals surface area contributed by atoms with Gasteiger partial charge in [0.1, 0.15) is 5.60 Å².